The molecule has 0 aromatic carbocycles. The first kappa shape index (κ1) is 11.1. The number of hydrogen-bond acceptors (Lipinski definition) is 2. The van der Waals surface area contributed by atoms with Crippen molar-refractivity contribution < 1.29 is 4.74 Å². The van der Waals surface area contributed by atoms with Gasteiger partial charge in [-0.2, -0.15) is 0 Å². The van der Waals surface area contributed by atoms with Crippen molar-refractivity contribution in [3.63, 3.8) is 0 Å². The van der Waals surface area contributed by atoms with Gasteiger partial charge in [-0.15, -0.1) is 0 Å². The maximum Gasteiger partial charge on any atom is 0.169 e. The van der Waals surface area contributed by atoms with Crippen LogP contribution in [0.2, 0.25) is 0 Å². The quantitative estimate of drug-likeness (QED) is 0.580. The summed E-state index contributed by atoms with van der Waals surface area (Å²) in [5.74, 6) is 1.82. The van der Waals surface area contributed by atoms with E-state index in [9.17, 15) is 0 Å². The van der Waals surface area contributed by atoms with Crippen LogP contribution in [0.4, 0.5) is 0 Å². The van der Waals surface area contributed by atoms with Gasteiger partial charge in [-0.3, -0.25) is 0 Å². The highest BCUT2D eigenvalue weighted by molar-refractivity contribution is 7.80. The summed E-state index contributed by atoms with van der Waals surface area (Å²) < 4.78 is 4.99. The van der Waals surface area contributed by atoms with Crippen LogP contribution in [0.25, 0.3) is 0 Å². The Hall–Kier alpha value is -0.350. The Morgan fingerprint density at radius 2 is 2.07 bits per heavy atom. The molecular weight excluding hydrogens is 208 g/mol. The molecule has 0 radical (unpaired) electrons. The zero-order valence-corrected chi connectivity index (χ0v) is 10.2. The molecule has 1 aliphatic heterocycles. The third kappa shape index (κ3) is 2.61. The van der Waals surface area contributed by atoms with E-state index in [1.54, 1.807) is 7.11 Å². The first-order valence-electron chi connectivity index (χ1n) is 5.83. The third-order valence-electron chi connectivity index (χ3n) is 3.60. The van der Waals surface area contributed by atoms with Crippen molar-refractivity contribution in [2.45, 2.75) is 19.3 Å². The second-order valence-electron chi connectivity index (χ2n) is 4.58. The van der Waals surface area contributed by atoms with Gasteiger partial charge in [0, 0.05) is 26.7 Å². The fourth-order valence-electron chi connectivity index (χ4n) is 2.77. The Bertz CT molecular complexity index is 223. The molecule has 86 valence electrons. The normalized spacial score (nSPS) is 29.3. The van der Waals surface area contributed by atoms with Gasteiger partial charge < -0.3 is 15.0 Å². The van der Waals surface area contributed by atoms with Crippen molar-refractivity contribution in [2.75, 3.05) is 33.4 Å². The van der Waals surface area contributed by atoms with Crippen LogP contribution in [0, 0.1) is 11.8 Å². The molecule has 2 unspecified atom stereocenters. The van der Waals surface area contributed by atoms with Crippen molar-refractivity contribution in [1.82, 2.24) is 10.2 Å². The minimum absolute atomic E-state index is 0.723. The minimum Gasteiger partial charge on any atom is -0.383 e. The fraction of sp³-hybridized carbons (Fsp3) is 0.909. The molecule has 0 amide bonds. The topological polar surface area (TPSA) is 24.5 Å². The van der Waals surface area contributed by atoms with Crippen LogP contribution >= 0.6 is 12.2 Å². The molecule has 1 saturated carbocycles. The lowest BCUT2D eigenvalue weighted by Gasteiger charge is -2.21. The van der Waals surface area contributed by atoms with Crippen molar-refractivity contribution in [3.05, 3.63) is 0 Å². The van der Waals surface area contributed by atoms with Crippen molar-refractivity contribution in [1.29, 1.82) is 0 Å². The van der Waals surface area contributed by atoms with Gasteiger partial charge in [0.15, 0.2) is 5.11 Å². The molecule has 0 bridgehead atoms. The summed E-state index contributed by atoms with van der Waals surface area (Å²) in [6, 6.07) is 0. The van der Waals surface area contributed by atoms with Gasteiger partial charge in [0.25, 0.3) is 0 Å². The number of methoxy groups -OCH3 is 1. The number of fused-ring (bicyclic) bond motifs is 1. The summed E-state index contributed by atoms with van der Waals surface area (Å²) in [7, 11) is 1.71. The molecule has 0 aromatic rings. The van der Waals surface area contributed by atoms with E-state index >= 15 is 0 Å². The van der Waals surface area contributed by atoms with Crippen LogP contribution in [-0.2, 0) is 4.74 Å². The van der Waals surface area contributed by atoms with Crippen LogP contribution in [-0.4, -0.2) is 43.4 Å². The number of ether oxygens (including phenoxy) is 1. The first-order chi connectivity index (χ1) is 7.31. The monoisotopic (exact) mass is 228 g/mol. The number of hydrogen-bond donors (Lipinski definition) is 1. The van der Waals surface area contributed by atoms with Gasteiger partial charge in [-0.1, -0.05) is 6.42 Å². The second-order valence-corrected chi connectivity index (χ2v) is 4.97. The highest BCUT2D eigenvalue weighted by atomic mass is 32.1. The maximum atomic E-state index is 5.36. The van der Waals surface area contributed by atoms with Gasteiger partial charge in [0.1, 0.15) is 0 Å². The number of nitrogens with zero attached hydrogens (tertiary/aromatic N) is 1. The summed E-state index contributed by atoms with van der Waals surface area (Å²) in [5, 5.41) is 4.17. The van der Waals surface area contributed by atoms with Crippen LogP contribution in [0.15, 0.2) is 0 Å². The van der Waals surface area contributed by atoms with E-state index in [0.29, 0.717) is 0 Å². The third-order valence-corrected chi connectivity index (χ3v) is 4.00. The maximum absolute atomic E-state index is 5.36. The number of thiocarbonyl (C=S) groups is 1. The van der Waals surface area contributed by atoms with E-state index in [-0.39, 0.29) is 0 Å². The summed E-state index contributed by atoms with van der Waals surface area (Å²) in [6.07, 6.45) is 4.23. The lowest BCUT2D eigenvalue weighted by atomic mass is 10.0. The Labute approximate surface area is 97.2 Å². The Morgan fingerprint density at radius 3 is 2.67 bits per heavy atom. The van der Waals surface area contributed by atoms with Gasteiger partial charge in [0.2, 0.25) is 0 Å². The van der Waals surface area contributed by atoms with Crippen LogP contribution in [0.1, 0.15) is 19.3 Å². The lowest BCUT2D eigenvalue weighted by molar-refractivity contribution is 0.203. The predicted octanol–water partition coefficient (Wildman–Crippen LogP) is 1.24. The van der Waals surface area contributed by atoms with E-state index in [1.165, 1.54) is 32.4 Å². The summed E-state index contributed by atoms with van der Waals surface area (Å²) >= 11 is 5.36. The van der Waals surface area contributed by atoms with Crippen molar-refractivity contribution in [3.8, 4) is 0 Å². The van der Waals surface area contributed by atoms with E-state index in [1.807, 2.05) is 0 Å². The molecule has 2 aliphatic rings. The molecular formula is C11H20N2OS. The molecule has 4 heteroatoms. The Balaban J connectivity index is 1.73. The lowest BCUT2D eigenvalue weighted by Crippen LogP contribution is -2.40. The molecule has 1 saturated heterocycles. The molecule has 2 atom stereocenters. The van der Waals surface area contributed by atoms with E-state index in [4.69, 9.17) is 17.0 Å². The molecule has 15 heavy (non-hydrogen) atoms. The molecule has 0 aromatic heterocycles. The Kier molecular flexibility index (Phi) is 3.81. The predicted molar refractivity (Wildman–Crippen MR) is 64.9 cm³/mol. The SMILES string of the molecule is COCCNC(=S)N1CC2CCCC2C1. The zero-order valence-electron chi connectivity index (χ0n) is 9.37. The molecule has 1 heterocycles. The molecule has 1 aliphatic carbocycles. The van der Waals surface area contributed by atoms with Crippen molar-refractivity contribution in [2.24, 2.45) is 11.8 Å². The van der Waals surface area contributed by atoms with E-state index < -0.39 is 0 Å². The second kappa shape index (κ2) is 5.12. The highest BCUT2D eigenvalue weighted by Crippen LogP contribution is 2.37. The van der Waals surface area contributed by atoms with E-state index in [2.05, 4.69) is 10.2 Å². The van der Waals surface area contributed by atoms with Crippen LogP contribution < -0.4 is 5.32 Å². The average Bonchev–Trinajstić information content (AvgIpc) is 2.76. The van der Waals surface area contributed by atoms with Crippen LogP contribution in [0.5, 0.6) is 0 Å². The van der Waals surface area contributed by atoms with Gasteiger partial charge in [0.05, 0.1) is 6.61 Å². The standard InChI is InChI=1S/C11H20N2OS/c1-14-6-5-12-11(15)13-7-9-3-2-4-10(9)8-13/h9-10H,2-8H2,1H3,(H,12,15). The number of nitrogens with one attached hydrogen (secondary N) is 1. The van der Waals surface area contributed by atoms with Gasteiger partial charge >= 0.3 is 0 Å². The molecule has 2 fully saturated rings. The summed E-state index contributed by atoms with van der Waals surface area (Å²) in [5.41, 5.74) is 0. The molecule has 3 nitrogen and oxygen atoms in total. The minimum atomic E-state index is 0.723. The summed E-state index contributed by atoms with van der Waals surface area (Å²) in [4.78, 5) is 2.33. The van der Waals surface area contributed by atoms with Gasteiger partial charge in [-0.05, 0) is 36.9 Å². The largest absolute Gasteiger partial charge is 0.383 e. The smallest absolute Gasteiger partial charge is 0.169 e. The number of rotatable bonds is 3. The van der Waals surface area contributed by atoms with Gasteiger partial charge in [-0.25, -0.2) is 0 Å². The molecule has 1 N–H and O–H groups in total. The number of likely N-dealkylation sites (tertiary alicyclic amines) is 1. The summed E-state index contributed by atoms with van der Waals surface area (Å²) in [6.45, 7) is 3.88. The van der Waals surface area contributed by atoms with Crippen LogP contribution in [0.3, 0.4) is 0 Å². The fourth-order valence-corrected chi connectivity index (χ4v) is 3.02. The average molecular weight is 228 g/mol. The van der Waals surface area contributed by atoms with Crippen molar-refractivity contribution >= 4 is 17.3 Å². The Morgan fingerprint density at radius 1 is 1.40 bits per heavy atom. The molecule has 2 rings (SSSR count). The van der Waals surface area contributed by atoms with E-state index in [0.717, 1.165) is 30.1 Å². The molecule has 0 spiro atoms. The zero-order chi connectivity index (χ0) is 10.7. The highest BCUT2D eigenvalue weighted by Gasteiger charge is 2.36. The first-order valence-corrected chi connectivity index (χ1v) is 6.24.